The van der Waals surface area contributed by atoms with Crippen LogP contribution in [0.4, 0.5) is 5.69 Å². The van der Waals surface area contributed by atoms with Crippen molar-refractivity contribution in [3.8, 4) is 11.5 Å². The van der Waals surface area contributed by atoms with Crippen LogP contribution < -0.4 is 0 Å². The minimum atomic E-state index is -1.46. The van der Waals surface area contributed by atoms with Gasteiger partial charge in [0.25, 0.3) is 0 Å². The van der Waals surface area contributed by atoms with Crippen molar-refractivity contribution in [3.05, 3.63) is 34.3 Å². The summed E-state index contributed by atoms with van der Waals surface area (Å²) in [4.78, 5) is 14.6. The van der Waals surface area contributed by atoms with Crippen LogP contribution in [0.1, 0.15) is 15.9 Å². The molecule has 1 aromatic rings. The van der Waals surface area contributed by atoms with Gasteiger partial charge in [-0.15, -0.1) is 5.54 Å². The highest BCUT2D eigenvalue weighted by atomic mass is 28.3. The van der Waals surface area contributed by atoms with E-state index in [2.05, 4.69) is 40.8 Å². The minimum absolute atomic E-state index is 0.181. The third-order valence-corrected chi connectivity index (χ3v) is 2.97. The van der Waals surface area contributed by atoms with Crippen LogP contribution in [0.25, 0.3) is 4.98 Å². The molecule has 0 aromatic heterocycles. The van der Waals surface area contributed by atoms with Gasteiger partial charge in [0.2, 0.25) is 5.39 Å². The number of carbonyl (C=O) groups is 1. The van der Waals surface area contributed by atoms with E-state index in [1.807, 2.05) is 0 Å². The lowest BCUT2D eigenvalue weighted by Gasteiger charge is -2.03. The van der Waals surface area contributed by atoms with Gasteiger partial charge in [-0.1, -0.05) is 25.6 Å². The average Bonchev–Trinajstić information content (AvgIpc) is 2.34. The maximum Gasteiger partial charge on any atom is 0.399 e. The Morgan fingerprint density at radius 1 is 1.39 bits per heavy atom. The first-order valence-electron chi connectivity index (χ1n) is 5.48. The van der Waals surface area contributed by atoms with Gasteiger partial charge < -0.3 is 4.74 Å². The zero-order valence-electron chi connectivity index (χ0n) is 10.9. The molecule has 4 nitrogen and oxygen atoms in total. The Kier molecular flexibility index (Phi) is 4.25. The number of diazo groups is 1. The Morgan fingerprint density at radius 2 is 2.06 bits per heavy atom. The highest BCUT2D eigenvalue weighted by Gasteiger charge is 2.21. The molecule has 0 unspecified atom stereocenters. The highest BCUT2D eigenvalue weighted by molar-refractivity contribution is 6.83. The molecule has 0 atom stereocenters. The van der Waals surface area contributed by atoms with Gasteiger partial charge in [0.05, 0.1) is 7.11 Å². The number of nitrogens with zero attached hydrogens (tertiary/aromatic N) is 2. The van der Waals surface area contributed by atoms with Crippen molar-refractivity contribution in [2.45, 2.75) is 19.6 Å². The van der Waals surface area contributed by atoms with Crippen molar-refractivity contribution < 1.29 is 9.53 Å². The van der Waals surface area contributed by atoms with Crippen LogP contribution in [-0.2, 0) is 4.74 Å². The number of esters is 1. The lowest BCUT2D eigenvalue weighted by Crippen LogP contribution is -2.16. The second-order valence-corrected chi connectivity index (χ2v) is 9.57. The molecule has 0 aliphatic rings. The summed E-state index contributed by atoms with van der Waals surface area (Å²) in [6.45, 7) is 6.41. The topological polar surface area (TPSA) is 54.5 Å². The van der Waals surface area contributed by atoms with Crippen molar-refractivity contribution in [1.82, 2.24) is 0 Å². The van der Waals surface area contributed by atoms with Gasteiger partial charge >= 0.3 is 11.7 Å². The number of carbonyl (C=O) groups excluding carboxylic acids is 1. The molecule has 0 N–H and O–H groups in total. The molecule has 0 spiro atoms. The van der Waals surface area contributed by atoms with Crippen LogP contribution in [0, 0.1) is 16.9 Å². The predicted octanol–water partition coefficient (Wildman–Crippen LogP) is 3.19. The summed E-state index contributed by atoms with van der Waals surface area (Å²) in [7, 11) is -0.183. The summed E-state index contributed by atoms with van der Waals surface area (Å²) in [5.41, 5.74) is 4.31. The van der Waals surface area contributed by atoms with E-state index in [4.69, 9.17) is 5.39 Å². The fourth-order valence-electron chi connectivity index (χ4n) is 1.23. The Balaban J connectivity index is 3.23. The Labute approximate surface area is 108 Å². The Morgan fingerprint density at radius 3 is 2.56 bits per heavy atom. The van der Waals surface area contributed by atoms with Crippen LogP contribution in [-0.4, -0.2) is 21.2 Å². The van der Waals surface area contributed by atoms with Crippen LogP contribution >= 0.6 is 0 Å². The van der Waals surface area contributed by atoms with E-state index in [1.54, 1.807) is 18.2 Å². The molecular formula is C13H15N2O2Si+. The van der Waals surface area contributed by atoms with Crippen molar-refractivity contribution in [3.63, 3.8) is 0 Å². The SMILES string of the molecule is COC(=O)c1cc(C#C[Si](C)(C)C)ccc1[N+]#N. The third-order valence-electron chi connectivity index (χ3n) is 2.09. The third kappa shape index (κ3) is 3.72. The summed E-state index contributed by atoms with van der Waals surface area (Å²) in [5.74, 6) is 2.49. The molecule has 0 fully saturated rings. The predicted molar refractivity (Wildman–Crippen MR) is 72.7 cm³/mol. The van der Waals surface area contributed by atoms with E-state index < -0.39 is 14.0 Å². The van der Waals surface area contributed by atoms with E-state index in [1.165, 1.54) is 7.11 Å². The monoisotopic (exact) mass is 259 g/mol. The summed E-state index contributed by atoms with van der Waals surface area (Å²) in [6, 6.07) is 4.84. The first-order valence-corrected chi connectivity index (χ1v) is 8.98. The lowest BCUT2D eigenvalue weighted by molar-refractivity contribution is 0.0602. The molecule has 18 heavy (non-hydrogen) atoms. The largest absolute Gasteiger partial charge is 0.465 e. The molecule has 0 heterocycles. The lowest BCUT2D eigenvalue weighted by atomic mass is 10.1. The molecule has 0 amide bonds. The standard InChI is InChI=1S/C13H15N2O2Si/c1-17-13(16)11-9-10(5-6-12(11)15-14)7-8-18(2,3)4/h5-6,9H,1-4H3/q+1. The van der Waals surface area contributed by atoms with Gasteiger partial charge in [-0.3, -0.25) is 0 Å². The van der Waals surface area contributed by atoms with Gasteiger partial charge in [0.1, 0.15) is 8.07 Å². The summed E-state index contributed by atoms with van der Waals surface area (Å²) >= 11 is 0. The van der Waals surface area contributed by atoms with E-state index in [0.717, 1.165) is 0 Å². The number of hydrogen-bond acceptors (Lipinski definition) is 3. The van der Waals surface area contributed by atoms with Crippen molar-refractivity contribution >= 4 is 19.7 Å². The summed E-state index contributed by atoms with van der Waals surface area (Å²) in [6.07, 6.45) is 0. The first-order chi connectivity index (χ1) is 8.37. The molecule has 92 valence electrons. The molecule has 5 heteroatoms. The van der Waals surface area contributed by atoms with Gasteiger partial charge in [0.15, 0.2) is 10.5 Å². The molecule has 0 saturated heterocycles. The summed E-state index contributed by atoms with van der Waals surface area (Å²) < 4.78 is 4.63. The van der Waals surface area contributed by atoms with Gasteiger partial charge in [-0.25, -0.2) is 4.79 Å². The average molecular weight is 259 g/mol. The normalized spacial score (nSPS) is 9.94. The number of ether oxygens (including phenoxy) is 1. The zero-order valence-corrected chi connectivity index (χ0v) is 11.9. The maximum absolute atomic E-state index is 11.5. The maximum atomic E-state index is 11.5. The second-order valence-electron chi connectivity index (χ2n) is 4.82. The number of rotatable bonds is 1. The van der Waals surface area contributed by atoms with Crippen LogP contribution in [0.5, 0.6) is 0 Å². The highest BCUT2D eigenvalue weighted by Crippen LogP contribution is 2.21. The van der Waals surface area contributed by atoms with E-state index >= 15 is 0 Å². The van der Waals surface area contributed by atoms with Crippen molar-refractivity contribution in [2.24, 2.45) is 0 Å². The minimum Gasteiger partial charge on any atom is -0.465 e. The van der Waals surface area contributed by atoms with Crippen LogP contribution in [0.3, 0.4) is 0 Å². The quantitative estimate of drug-likeness (QED) is 0.337. The molecule has 1 rings (SSSR count). The molecule has 0 aliphatic carbocycles. The fraction of sp³-hybridized carbons (Fsp3) is 0.308. The van der Waals surface area contributed by atoms with E-state index in [9.17, 15) is 4.79 Å². The zero-order chi connectivity index (χ0) is 13.8. The molecular weight excluding hydrogens is 244 g/mol. The Hall–Kier alpha value is -2.11. The first kappa shape index (κ1) is 13.9. The fourth-order valence-corrected chi connectivity index (χ4v) is 1.75. The van der Waals surface area contributed by atoms with Gasteiger partial charge in [-0.2, -0.15) is 0 Å². The molecule has 0 bridgehead atoms. The Bertz CT molecular complexity index is 571. The number of hydrogen-bond donors (Lipinski definition) is 0. The van der Waals surface area contributed by atoms with Crippen molar-refractivity contribution in [2.75, 3.05) is 7.11 Å². The van der Waals surface area contributed by atoms with Gasteiger partial charge in [-0.05, 0) is 12.1 Å². The van der Waals surface area contributed by atoms with Crippen LogP contribution in [0.15, 0.2) is 18.2 Å². The number of methoxy groups -OCH3 is 1. The molecule has 0 radical (unpaired) electrons. The van der Waals surface area contributed by atoms with Gasteiger partial charge in [0, 0.05) is 11.6 Å². The smallest absolute Gasteiger partial charge is 0.399 e. The second kappa shape index (κ2) is 5.48. The van der Waals surface area contributed by atoms with Crippen LogP contribution in [0.2, 0.25) is 19.6 Å². The molecule has 1 aromatic carbocycles. The number of benzene rings is 1. The van der Waals surface area contributed by atoms with E-state index in [0.29, 0.717) is 5.56 Å². The molecule has 0 saturated carbocycles. The van der Waals surface area contributed by atoms with E-state index in [-0.39, 0.29) is 11.3 Å². The van der Waals surface area contributed by atoms with Crippen molar-refractivity contribution in [1.29, 1.82) is 5.39 Å². The molecule has 0 aliphatic heterocycles. The summed E-state index contributed by atoms with van der Waals surface area (Å²) in [5, 5.41) is 8.80.